The summed E-state index contributed by atoms with van der Waals surface area (Å²) in [5, 5.41) is 8.66. The van der Waals surface area contributed by atoms with Crippen molar-refractivity contribution in [1.29, 1.82) is 5.26 Å². The minimum Gasteiger partial charge on any atom is -0.210 e. The van der Waals surface area contributed by atoms with Crippen LogP contribution in [0.4, 0.5) is 0 Å². The van der Waals surface area contributed by atoms with Crippen LogP contribution in [-0.4, -0.2) is 15.0 Å². The highest BCUT2D eigenvalue weighted by Crippen LogP contribution is 2.36. The second-order valence-corrected chi connectivity index (χ2v) is 7.47. The Balaban J connectivity index is 2.00. The Kier molecular flexibility index (Phi) is 3.52. The molecule has 0 radical (unpaired) electrons. The van der Waals surface area contributed by atoms with Crippen molar-refractivity contribution in [1.82, 2.24) is 4.72 Å². The molecule has 1 N–H and O–H groups in total. The first-order chi connectivity index (χ1) is 8.03. The average molecular weight is 270 g/mol. The number of hydrogen-bond donors (Lipinski definition) is 1. The minimum absolute atomic E-state index is 0.219. The number of nitriles is 1. The van der Waals surface area contributed by atoms with Gasteiger partial charge in [0.15, 0.2) is 0 Å². The molecule has 1 aromatic rings. The summed E-state index contributed by atoms with van der Waals surface area (Å²) >= 11 is 1.00. The molecule has 0 aliphatic heterocycles. The maximum absolute atomic E-state index is 11.9. The minimum atomic E-state index is -3.43. The molecule has 1 fully saturated rings. The Bertz CT molecular complexity index is 538. The van der Waals surface area contributed by atoms with Crippen LogP contribution in [0.15, 0.2) is 16.3 Å². The van der Waals surface area contributed by atoms with E-state index in [4.69, 9.17) is 5.26 Å². The van der Waals surface area contributed by atoms with Gasteiger partial charge < -0.3 is 0 Å². The summed E-state index contributed by atoms with van der Waals surface area (Å²) in [7, 11) is -3.43. The van der Waals surface area contributed by atoms with E-state index in [2.05, 4.69) is 11.6 Å². The molecule has 6 heteroatoms. The Morgan fingerprint density at radius 2 is 2.29 bits per heavy atom. The summed E-state index contributed by atoms with van der Waals surface area (Å²) < 4.78 is 26.6. The molecule has 17 heavy (non-hydrogen) atoms. The Morgan fingerprint density at radius 1 is 1.59 bits per heavy atom. The van der Waals surface area contributed by atoms with E-state index in [9.17, 15) is 8.42 Å². The molecule has 1 heterocycles. The normalized spacial score (nSPS) is 17.6. The lowest BCUT2D eigenvalue weighted by molar-refractivity contribution is 0.492. The van der Waals surface area contributed by atoms with Gasteiger partial charge in [0.1, 0.15) is 15.2 Å². The molecule has 2 rings (SSSR count). The lowest BCUT2D eigenvalue weighted by atomic mass is 10.1. The van der Waals surface area contributed by atoms with Gasteiger partial charge in [0.25, 0.3) is 0 Å². The van der Waals surface area contributed by atoms with Gasteiger partial charge in [0.2, 0.25) is 10.0 Å². The molecular weight excluding hydrogens is 256 g/mol. The van der Waals surface area contributed by atoms with Crippen molar-refractivity contribution in [3.8, 4) is 6.07 Å². The number of sulfonamides is 1. The first-order valence-corrected chi connectivity index (χ1v) is 7.82. The molecule has 1 unspecified atom stereocenters. The van der Waals surface area contributed by atoms with E-state index in [-0.39, 0.29) is 4.21 Å². The predicted octanol–water partition coefficient (Wildman–Crippen LogP) is 1.94. The summed E-state index contributed by atoms with van der Waals surface area (Å²) in [6.45, 7) is 2.54. The highest BCUT2D eigenvalue weighted by Gasteiger charge is 2.29. The molecule has 1 saturated carbocycles. The molecule has 0 amide bonds. The van der Waals surface area contributed by atoms with Crippen LogP contribution in [0.25, 0.3) is 0 Å². The van der Waals surface area contributed by atoms with Gasteiger partial charge in [-0.2, -0.15) is 5.26 Å². The quantitative estimate of drug-likeness (QED) is 0.889. The maximum Gasteiger partial charge on any atom is 0.250 e. The van der Waals surface area contributed by atoms with Gasteiger partial charge in [-0.25, -0.2) is 13.1 Å². The Labute approximate surface area is 105 Å². The van der Waals surface area contributed by atoms with Gasteiger partial charge in [0.05, 0.1) is 0 Å². The number of thiophene rings is 1. The fourth-order valence-corrected chi connectivity index (χ4v) is 3.96. The van der Waals surface area contributed by atoms with Gasteiger partial charge in [-0.3, -0.25) is 0 Å². The molecule has 4 nitrogen and oxygen atoms in total. The summed E-state index contributed by atoms with van der Waals surface area (Å²) in [6, 6.07) is 4.95. The smallest absolute Gasteiger partial charge is 0.210 e. The van der Waals surface area contributed by atoms with E-state index in [0.717, 1.165) is 11.3 Å². The standard InChI is InChI=1S/C11H14N2O2S2/c1-8(9-2-3-9)7-13-17(14,15)11-5-4-10(6-12)16-11/h4-5,8-9,13H,2-3,7H2,1H3. The predicted molar refractivity (Wildman–Crippen MR) is 66.1 cm³/mol. The second kappa shape index (κ2) is 4.77. The Hall–Kier alpha value is -0.900. The van der Waals surface area contributed by atoms with E-state index in [1.807, 2.05) is 6.07 Å². The first-order valence-electron chi connectivity index (χ1n) is 5.52. The molecule has 92 valence electrons. The van der Waals surface area contributed by atoms with Crippen LogP contribution in [0.5, 0.6) is 0 Å². The van der Waals surface area contributed by atoms with Crippen LogP contribution in [-0.2, 0) is 10.0 Å². The van der Waals surface area contributed by atoms with Crippen LogP contribution in [0.1, 0.15) is 24.6 Å². The fraction of sp³-hybridized carbons (Fsp3) is 0.545. The van der Waals surface area contributed by atoms with Crippen molar-refractivity contribution < 1.29 is 8.42 Å². The molecule has 0 spiro atoms. The van der Waals surface area contributed by atoms with E-state index >= 15 is 0 Å². The zero-order chi connectivity index (χ0) is 12.5. The zero-order valence-corrected chi connectivity index (χ0v) is 11.1. The van der Waals surface area contributed by atoms with Crippen LogP contribution in [0.3, 0.4) is 0 Å². The summed E-state index contributed by atoms with van der Waals surface area (Å²) in [5.41, 5.74) is 0. The summed E-state index contributed by atoms with van der Waals surface area (Å²) in [5.74, 6) is 1.07. The SMILES string of the molecule is CC(CNS(=O)(=O)c1ccc(C#N)s1)C1CC1. The van der Waals surface area contributed by atoms with Gasteiger partial charge in [0, 0.05) is 6.54 Å². The monoisotopic (exact) mass is 270 g/mol. The average Bonchev–Trinajstić information content (AvgIpc) is 3.03. The molecule has 1 aliphatic carbocycles. The van der Waals surface area contributed by atoms with Crippen LogP contribution < -0.4 is 4.72 Å². The summed E-state index contributed by atoms with van der Waals surface area (Å²) in [4.78, 5) is 0.417. The lowest BCUT2D eigenvalue weighted by Crippen LogP contribution is -2.28. The van der Waals surface area contributed by atoms with Crippen molar-refractivity contribution >= 4 is 21.4 Å². The Morgan fingerprint density at radius 3 is 2.82 bits per heavy atom. The van der Waals surface area contributed by atoms with E-state index < -0.39 is 10.0 Å². The second-order valence-electron chi connectivity index (χ2n) is 4.40. The summed E-state index contributed by atoms with van der Waals surface area (Å²) in [6.07, 6.45) is 2.42. The van der Waals surface area contributed by atoms with Crippen molar-refractivity contribution in [2.45, 2.75) is 24.0 Å². The largest absolute Gasteiger partial charge is 0.250 e. The highest BCUT2D eigenvalue weighted by molar-refractivity contribution is 7.91. The van der Waals surface area contributed by atoms with Gasteiger partial charge in [-0.05, 0) is 36.8 Å². The van der Waals surface area contributed by atoms with Gasteiger partial charge >= 0.3 is 0 Å². The molecule has 0 bridgehead atoms. The number of nitrogens with one attached hydrogen (secondary N) is 1. The molecule has 1 aliphatic rings. The van der Waals surface area contributed by atoms with Gasteiger partial charge in [-0.15, -0.1) is 11.3 Å². The molecular formula is C11H14N2O2S2. The number of nitrogens with zero attached hydrogens (tertiary/aromatic N) is 1. The van der Waals surface area contributed by atoms with Crippen molar-refractivity contribution in [3.05, 3.63) is 17.0 Å². The zero-order valence-electron chi connectivity index (χ0n) is 9.51. The van der Waals surface area contributed by atoms with Gasteiger partial charge in [-0.1, -0.05) is 6.92 Å². The van der Waals surface area contributed by atoms with E-state index in [1.54, 1.807) is 0 Å². The molecule has 1 atom stereocenters. The first kappa shape index (κ1) is 12.6. The molecule has 0 saturated heterocycles. The van der Waals surface area contributed by atoms with E-state index in [1.165, 1.54) is 25.0 Å². The topological polar surface area (TPSA) is 70.0 Å². The third-order valence-corrected chi connectivity index (χ3v) is 5.88. The van der Waals surface area contributed by atoms with Crippen LogP contribution in [0, 0.1) is 23.2 Å². The highest BCUT2D eigenvalue weighted by atomic mass is 32.2. The van der Waals surface area contributed by atoms with Crippen LogP contribution in [0.2, 0.25) is 0 Å². The number of hydrogen-bond acceptors (Lipinski definition) is 4. The molecule has 0 aromatic carbocycles. The third-order valence-electron chi connectivity index (χ3n) is 2.98. The van der Waals surface area contributed by atoms with Crippen molar-refractivity contribution in [2.75, 3.05) is 6.54 Å². The molecule has 1 aromatic heterocycles. The maximum atomic E-state index is 11.9. The van der Waals surface area contributed by atoms with Crippen LogP contribution >= 0.6 is 11.3 Å². The fourth-order valence-electron chi connectivity index (χ4n) is 1.67. The number of rotatable bonds is 5. The third kappa shape index (κ3) is 3.06. The lowest BCUT2D eigenvalue weighted by Gasteiger charge is -2.10. The van der Waals surface area contributed by atoms with Crippen molar-refractivity contribution in [2.24, 2.45) is 11.8 Å². The van der Waals surface area contributed by atoms with E-state index in [0.29, 0.717) is 23.3 Å². The van der Waals surface area contributed by atoms with Crippen molar-refractivity contribution in [3.63, 3.8) is 0 Å².